The van der Waals surface area contributed by atoms with Crippen molar-refractivity contribution in [1.82, 2.24) is 4.90 Å². The maximum atomic E-state index is 13.8. The highest BCUT2D eigenvalue weighted by atomic mass is 79.9. The second kappa shape index (κ2) is 4.67. The summed E-state index contributed by atoms with van der Waals surface area (Å²) in [6.07, 6.45) is 1.14. The van der Waals surface area contributed by atoms with Crippen LogP contribution < -0.4 is 0 Å². The van der Waals surface area contributed by atoms with Crippen molar-refractivity contribution in [2.75, 3.05) is 13.6 Å². The fourth-order valence-corrected chi connectivity index (χ4v) is 2.79. The topological polar surface area (TPSA) is 23.5 Å². The van der Waals surface area contributed by atoms with E-state index in [0.29, 0.717) is 18.4 Å². The second-order valence-electron chi connectivity index (χ2n) is 4.94. The molecule has 1 aromatic carbocycles. The Hall–Kier alpha value is -0.450. The molecule has 1 fully saturated rings. The van der Waals surface area contributed by atoms with Gasteiger partial charge < -0.3 is 10.0 Å². The predicted molar refractivity (Wildman–Crippen MR) is 69.3 cm³/mol. The zero-order valence-corrected chi connectivity index (χ0v) is 11.7. The predicted octanol–water partition coefficient (Wildman–Crippen LogP) is 2.89. The van der Waals surface area contributed by atoms with Crippen LogP contribution in [0.15, 0.2) is 22.7 Å². The molecule has 0 saturated carbocycles. The summed E-state index contributed by atoms with van der Waals surface area (Å²) in [6.45, 7) is 2.84. The van der Waals surface area contributed by atoms with Gasteiger partial charge in [-0.25, -0.2) is 4.39 Å². The Morgan fingerprint density at radius 3 is 2.88 bits per heavy atom. The van der Waals surface area contributed by atoms with Gasteiger partial charge in [-0.2, -0.15) is 0 Å². The SMILES string of the molecule is CC1CC(O)(c2cc(Br)ccc2F)CCN1C. The van der Waals surface area contributed by atoms with Gasteiger partial charge in [-0.15, -0.1) is 0 Å². The molecule has 2 rings (SSSR count). The van der Waals surface area contributed by atoms with E-state index >= 15 is 0 Å². The number of aliphatic hydroxyl groups is 1. The van der Waals surface area contributed by atoms with Crippen molar-refractivity contribution >= 4 is 15.9 Å². The average Bonchev–Trinajstić information content (AvgIpc) is 2.27. The smallest absolute Gasteiger partial charge is 0.129 e. The fraction of sp³-hybridized carbons (Fsp3) is 0.538. The molecule has 0 aliphatic carbocycles. The summed E-state index contributed by atoms with van der Waals surface area (Å²) in [6, 6.07) is 5.00. The molecule has 0 spiro atoms. The fourth-order valence-electron chi connectivity index (χ4n) is 2.43. The summed E-state index contributed by atoms with van der Waals surface area (Å²) < 4.78 is 14.6. The monoisotopic (exact) mass is 301 g/mol. The molecule has 1 N–H and O–H groups in total. The standard InChI is InChI=1S/C13H17BrFNO/c1-9-8-13(17,5-6-16(9)2)11-7-10(14)3-4-12(11)15/h3-4,7,9,17H,5-6,8H2,1-2H3. The number of hydrogen-bond donors (Lipinski definition) is 1. The van der Waals surface area contributed by atoms with Crippen LogP contribution in [-0.2, 0) is 5.60 Å². The van der Waals surface area contributed by atoms with Gasteiger partial charge in [0.15, 0.2) is 0 Å². The lowest BCUT2D eigenvalue weighted by Crippen LogP contribution is -2.46. The number of halogens is 2. The molecule has 1 aromatic rings. The van der Waals surface area contributed by atoms with Gasteiger partial charge in [-0.1, -0.05) is 15.9 Å². The number of hydrogen-bond acceptors (Lipinski definition) is 2. The van der Waals surface area contributed by atoms with E-state index in [9.17, 15) is 9.50 Å². The van der Waals surface area contributed by atoms with Crippen LogP contribution in [0.1, 0.15) is 25.3 Å². The minimum atomic E-state index is -1.04. The lowest BCUT2D eigenvalue weighted by Gasteiger charge is -2.41. The van der Waals surface area contributed by atoms with Crippen molar-refractivity contribution in [2.45, 2.75) is 31.4 Å². The normalized spacial score (nSPS) is 30.5. The van der Waals surface area contributed by atoms with Gasteiger partial charge in [0.05, 0.1) is 5.60 Å². The number of benzene rings is 1. The third kappa shape index (κ3) is 2.54. The second-order valence-corrected chi connectivity index (χ2v) is 5.86. The van der Waals surface area contributed by atoms with E-state index in [0.717, 1.165) is 11.0 Å². The van der Waals surface area contributed by atoms with Gasteiger partial charge in [0.25, 0.3) is 0 Å². The molecule has 2 nitrogen and oxygen atoms in total. The Morgan fingerprint density at radius 2 is 2.24 bits per heavy atom. The summed E-state index contributed by atoms with van der Waals surface area (Å²) in [5.41, 5.74) is -0.633. The molecule has 94 valence electrons. The molecule has 0 amide bonds. The minimum absolute atomic E-state index is 0.257. The first kappa shape index (κ1) is 13.0. The van der Waals surface area contributed by atoms with E-state index in [4.69, 9.17) is 0 Å². The van der Waals surface area contributed by atoms with Crippen LogP contribution in [0, 0.1) is 5.82 Å². The van der Waals surface area contributed by atoms with Gasteiger partial charge in [-0.05, 0) is 45.0 Å². The lowest BCUT2D eigenvalue weighted by molar-refractivity contribution is -0.0432. The van der Waals surface area contributed by atoms with Gasteiger partial charge in [0.1, 0.15) is 5.82 Å². The van der Waals surface area contributed by atoms with Gasteiger partial charge in [0.2, 0.25) is 0 Å². The minimum Gasteiger partial charge on any atom is -0.385 e. The first-order valence-electron chi connectivity index (χ1n) is 5.80. The van der Waals surface area contributed by atoms with Gasteiger partial charge >= 0.3 is 0 Å². The van der Waals surface area contributed by atoms with Crippen LogP contribution in [0.3, 0.4) is 0 Å². The molecule has 1 aliphatic heterocycles. The number of likely N-dealkylation sites (tertiary alicyclic amines) is 1. The average molecular weight is 302 g/mol. The van der Waals surface area contributed by atoms with E-state index in [1.54, 1.807) is 12.1 Å². The van der Waals surface area contributed by atoms with Crippen molar-refractivity contribution in [3.05, 3.63) is 34.1 Å². The largest absolute Gasteiger partial charge is 0.385 e. The van der Waals surface area contributed by atoms with Crippen LogP contribution in [0.2, 0.25) is 0 Å². The quantitative estimate of drug-likeness (QED) is 0.862. The molecule has 2 unspecified atom stereocenters. The van der Waals surface area contributed by atoms with E-state index in [-0.39, 0.29) is 11.9 Å². The van der Waals surface area contributed by atoms with Gasteiger partial charge in [0, 0.05) is 22.6 Å². The molecule has 1 heterocycles. The number of nitrogens with zero attached hydrogens (tertiary/aromatic N) is 1. The van der Waals surface area contributed by atoms with Gasteiger partial charge in [-0.3, -0.25) is 0 Å². The summed E-state index contributed by atoms with van der Waals surface area (Å²) in [7, 11) is 2.03. The first-order valence-corrected chi connectivity index (χ1v) is 6.60. The van der Waals surface area contributed by atoms with E-state index < -0.39 is 5.60 Å². The third-order valence-electron chi connectivity index (χ3n) is 3.69. The van der Waals surface area contributed by atoms with Crippen molar-refractivity contribution in [3.63, 3.8) is 0 Å². The Bertz CT molecular complexity index is 426. The molecule has 0 aromatic heterocycles. The summed E-state index contributed by atoms with van der Waals surface area (Å²) in [5.74, 6) is -0.326. The number of rotatable bonds is 1. The van der Waals surface area contributed by atoms with Crippen molar-refractivity contribution in [3.8, 4) is 0 Å². The summed E-state index contributed by atoms with van der Waals surface area (Å²) >= 11 is 3.33. The molecule has 17 heavy (non-hydrogen) atoms. The zero-order valence-electron chi connectivity index (χ0n) is 10.1. The molecule has 0 bridgehead atoms. The molecular weight excluding hydrogens is 285 g/mol. The highest BCUT2D eigenvalue weighted by molar-refractivity contribution is 9.10. The molecular formula is C13H17BrFNO. The Kier molecular flexibility index (Phi) is 3.57. The lowest BCUT2D eigenvalue weighted by atomic mass is 9.81. The van der Waals surface area contributed by atoms with Crippen LogP contribution >= 0.6 is 15.9 Å². The van der Waals surface area contributed by atoms with Crippen LogP contribution in [-0.4, -0.2) is 29.6 Å². The molecule has 4 heteroatoms. The van der Waals surface area contributed by atoms with Crippen molar-refractivity contribution in [2.24, 2.45) is 0 Å². The van der Waals surface area contributed by atoms with E-state index in [1.807, 2.05) is 7.05 Å². The third-order valence-corrected chi connectivity index (χ3v) is 4.19. The van der Waals surface area contributed by atoms with Crippen LogP contribution in [0.25, 0.3) is 0 Å². The first-order chi connectivity index (χ1) is 7.92. The Labute approximate surface area is 110 Å². The van der Waals surface area contributed by atoms with Crippen LogP contribution in [0.5, 0.6) is 0 Å². The summed E-state index contributed by atoms with van der Waals surface area (Å²) in [5, 5.41) is 10.6. The Morgan fingerprint density at radius 1 is 1.53 bits per heavy atom. The Balaban J connectivity index is 2.35. The molecule has 1 saturated heterocycles. The van der Waals surface area contributed by atoms with Crippen molar-refractivity contribution in [1.29, 1.82) is 0 Å². The summed E-state index contributed by atoms with van der Waals surface area (Å²) in [4.78, 5) is 2.18. The van der Waals surface area contributed by atoms with E-state index in [2.05, 4.69) is 27.8 Å². The van der Waals surface area contributed by atoms with Crippen molar-refractivity contribution < 1.29 is 9.50 Å². The maximum absolute atomic E-state index is 13.8. The highest BCUT2D eigenvalue weighted by Gasteiger charge is 2.38. The maximum Gasteiger partial charge on any atom is 0.129 e. The van der Waals surface area contributed by atoms with Crippen LogP contribution in [0.4, 0.5) is 4.39 Å². The molecule has 0 radical (unpaired) electrons. The van der Waals surface area contributed by atoms with E-state index in [1.165, 1.54) is 6.07 Å². The highest BCUT2D eigenvalue weighted by Crippen LogP contribution is 2.37. The zero-order chi connectivity index (χ0) is 12.6. The molecule has 2 atom stereocenters. The molecule has 1 aliphatic rings. The number of piperidine rings is 1.